The molecule has 63 heavy (non-hydrogen) atoms. The molecule has 11 aromatic rings. The fourth-order valence-electron chi connectivity index (χ4n) is 10.8. The van der Waals surface area contributed by atoms with Crippen LogP contribution in [0.4, 0.5) is 34.1 Å². The molecule has 0 amide bonds. The second-order valence-corrected chi connectivity index (χ2v) is 19.1. The lowest BCUT2D eigenvalue weighted by Gasteiger charge is -2.31. The monoisotopic (exact) mass is 830 g/mol. The molecule has 0 saturated carbocycles. The second-order valence-electron chi connectivity index (χ2n) is 18.1. The van der Waals surface area contributed by atoms with Gasteiger partial charge in [0, 0.05) is 88.4 Å². The Balaban J connectivity index is 0.905. The molecule has 0 bridgehead atoms. The van der Waals surface area contributed by atoms with Gasteiger partial charge in [-0.1, -0.05) is 113 Å². The lowest BCUT2D eigenvalue weighted by Crippen LogP contribution is -2.23. The van der Waals surface area contributed by atoms with E-state index < -0.39 is 0 Å². The van der Waals surface area contributed by atoms with Gasteiger partial charge in [-0.15, -0.1) is 11.3 Å². The number of hydrogen-bond donors (Lipinski definition) is 0. The molecule has 2 aliphatic carbocycles. The first-order valence-electron chi connectivity index (χ1n) is 21.7. The SMILES string of the molecule is CC1(C)c2cc(N(c3ccccc3)c3ccc4c(c3)oc3ccccc34)ccc2-c2sc3c(c21)C(C)(C)c1cc(N(c2ccccc2)c2ccc4c(c2)oc2ccccc24)ccc1-3. The van der Waals surface area contributed by atoms with Crippen LogP contribution in [0.15, 0.2) is 191 Å². The Morgan fingerprint density at radius 1 is 0.349 bits per heavy atom. The molecular formula is C58H42N2O2S. The standard InChI is InChI=1S/C58H42N2O2S/c1-57(2)47-31-37(59(35-15-7-5-8-16-35)39-23-27-43-41-19-11-13-21-49(41)61-51(43)33-39)25-29-45(47)55-53(57)54-56(63-55)46-30-26-38(32-48(46)58(54,3)4)60(36-17-9-6-10-18-36)40-24-28-44-42-20-12-14-22-50(42)62-52(44)34-40/h5-34H,1-4H3. The summed E-state index contributed by atoms with van der Waals surface area (Å²) in [7, 11) is 0. The zero-order valence-electron chi connectivity index (χ0n) is 35.4. The molecule has 4 nitrogen and oxygen atoms in total. The summed E-state index contributed by atoms with van der Waals surface area (Å²) in [6, 6.07) is 65.4. The summed E-state index contributed by atoms with van der Waals surface area (Å²) in [5.74, 6) is 0. The summed E-state index contributed by atoms with van der Waals surface area (Å²) in [4.78, 5) is 7.53. The van der Waals surface area contributed by atoms with E-state index in [1.165, 1.54) is 43.1 Å². The first-order valence-corrected chi connectivity index (χ1v) is 22.6. The Labute approximate surface area is 369 Å². The number of nitrogens with zero attached hydrogens (tertiary/aromatic N) is 2. The molecule has 302 valence electrons. The Morgan fingerprint density at radius 2 is 0.714 bits per heavy atom. The minimum absolute atomic E-state index is 0.226. The fraction of sp³-hybridized carbons (Fsp3) is 0.103. The van der Waals surface area contributed by atoms with E-state index in [1.807, 2.05) is 35.6 Å². The Hall–Kier alpha value is -7.34. The van der Waals surface area contributed by atoms with Crippen LogP contribution in [0.2, 0.25) is 0 Å². The maximum Gasteiger partial charge on any atom is 0.137 e. The summed E-state index contributed by atoms with van der Waals surface area (Å²) in [6.45, 7) is 9.71. The molecule has 0 aliphatic heterocycles. The Morgan fingerprint density at radius 3 is 1.16 bits per heavy atom. The number of rotatable bonds is 6. The quantitative estimate of drug-likeness (QED) is 0.167. The van der Waals surface area contributed by atoms with Crippen LogP contribution >= 0.6 is 11.3 Å². The number of furan rings is 2. The number of fused-ring (bicyclic) bond motifs is 13. The molecule has 13 rings (SSSR count). The van der Waals surface area contributed by atoms with Gasteiger partial charge in [-0.25, -0.2) is 0 Å². The first kappa shape index (κ1) is 36.3. The van der Waals surface area contributed by atoms with Gasteiger partial charge in [0.05, 0.1) is 0 Å². The molecule has 2 aliphatic rings. The van der Waals surface area contributed by atoms with Crippen LogP contribution in [-0.2, 0) is 10.8 Å². The zero-order chi connectivity index (χ0) is 42.2. The fourth-order valence-corrected chi connectivity index (χ4v) is 12.5. The molecule has 5 heteroatoms. The van der Waals surface area contributed by atoms with Gasteiger partial charge in [-0.3, -0.25) is 0 Å². The van der Waals surface area contributed by atoms with Crippen molar-refractivity contribution in [3.8, 4) is 20.9 Å². The van der Waals surface area contributed by atoms with Crippen LogP contribution in [0.1, 0.15) is 49.9 Å². The summed E-state index contributed by atoms with van der Waals surface area (Å²) < 4.78 is 12.8. The van der Waals surface area contributed by atoms with Crippen LogP contribution in [0.25, 0.3) is 64.8 Å². The van der Waals surface area contributed by atoms with Crippen LogP contribution in [-0.4, -0.2) is 0 Å². The highest BCUT2D eigenvalue weighted by atomic mass is 32.1. The van der Waals surface area contributed by atoms with Crippen molar-refractivity contribution in [3.63, 3.8) is 0 Å². The van der Waals surface area contributed by atoms with E-state index >= 15 is 0 Å². The van der Waals surface area contributed by atoms with Gasteiger partial charge in [0.2, 0.25) is 0 Å². The van der Waals surface area contributed by atoms with Crippen molar-refractivity contribution in [2.24, 2.45) is 0 Å². The van der Waals surface area contributed by atoms with Crippen molar-refractivity contribution in [1.82, 2.24) is 0 Å². The van der Waals surface area contributed by atoms with Crippen LogP contribution in [0.3, 0.4) is 0 Å². The largest absolute Gasteiger partial charge is 0.456 e. The van der Waals surface area contributed by atoms with E-state index in [0.717, 1.165) is 78.0 Å². The molecule has 0 radical (unpaired) electrons. The van der Waals surface area contributed by atoms with E-state index in [1.54, 1.807) is 0 Å². The lowest BCUT2D eigenvalue weighted by atomic mass is 9.74. The van der Waals surface area contributed by atoms with Crippen molar-refractivity contribution in [2.45, 2.75) is 38.5 Å². The number of hydrogen-bond acceptors (Lipinski definition) is 5. The second kappa shape index (κ2) is 13.1. The Kier molecular flexibility index (Phi) is 7.55. The van der Waals surface area contributed by atoms with E-state index in [9.17, 15) is 0 Å². The van der Waals surface area contributed by atoms with E-state index in [2.05, 4.69) is 195 Å². The molecule has 0 fully saturated rings. The van der Waals surface area contributed by atoms with Crippen molar-refractivity contribution in [1.29, 1.82) is 0 Å². The molecular weight excluding hydrogens is 789 g/mol. The summed E-state index contributed by atoms with van der Waals surface area (Å²) in [5.41, 5.74) is 18.0. The van der Waals surface area contributed by atoms with E-state index in [0.29, 0.717) is 0 Å². The highest BCUT2D eigenvalue weighted by Gasteiger charge is 2.48. The van der Waals surface area contributed by atoms with Crippen LogP contribution in [0, 0.1) is 0 Å². The van der Waals surface area contributed by atoms with Crippen LogP contribution < -0.4 is 9.80 Å². The zero-order valence-corrected chi connectivity index (χ0v) is 36.3. The van der Waals surface area contributed by atoms with Gasteiger partial charge in [-0.05, 0) is 118 Å². The predicted molar refractivity (Wildman–Crippen MR) is 263 cm³/mol. The van der Waals surface area contributed by atoms with Gasteiger partial charge in [0.25, 0.3) is 0 Å². The molecule has 3 aromatic heterocycles. The van der Waals surface area contributed by atoms with Gasteiger partial charge in [-0.2, -0.15) is 0 Å². The predicted octanol–water partition coefficient (Wildman–Crippen LogP) is 17.1. The molecule has 0 unspecified atom stereocenters. The number of benzene rings is 8. The van der Waals surface area contributed by atoms with Gasteiger partial charge < -0.3 is 18.6 Å². The third-order valence-electron chi connectivity index (χ3n) is 13.8. The van der Waals surface area contributed by atoms with Crippen LogP contribution in [0.5, 0.6) is 0 Å². The third kappa shape index (κ3) is 5.20. The highest BCUT2D eigenvalue weighted by molar-refractivity contribution is 7.19. The number of anilines is 6. The molecule has 0 atom stereocenters. The molecule has 0 spiro atoms. The summed E-state index contributed by atoms with van der Waals surface area (Å²) in [5, 5.41) is 4.53. The molecule has 0 saturated heterocycles. The van der Waals surface area contributed by atoms with Gasteiger partial charge >= 0.3 is 0 Å². The topological polar surface area (TPSA) is 32.8 Å². The number of thiophene rings is 1. The average molecular weight is 831 g/mol. The van der Waals surface area contributed by atoms with Gasteiger partial charge in [0.1, 0.15) is 22.3 Å². The van der Waals surface area contributed by atoms with E-state index in [4.69, 9.17) is 8.83 Å². The van der Waals surface area contributed by atoms with Crippen molar-refractivity contribution < 1.29 is 8.83 Å². The third-order valence-corrected chi connectivity index (χ3v) is 15.0. The van der Waals surface area contributed by atoms with Crippen molar-refractivity contribution in [2.75, 3.05) is 9.80 Å². The lowest BCUT2D eigenvalue weighted by molar-refractivity contribution is 0.603. The first-order chi connectivity index (χ1) is 30.7. The minimum atomic E-state index is -0.226. The summed E-state index contributed by atoms with van der Waals surface area (Å²) >= 11 is 1.97. The maximum atomic E-state index is 6.40. The minimum Gasteiger partial charge on any atom is -0.456 e. The Bertz CT molecular complexity index is 3410. The smallest absolute Gasteiger partial charge is 0.137 e. The molecule has 0 N–H and O–H groups in total. The molecule has 8 aromatic carbocycles. The van der Waals surface area contributed by atoms with Crippen molar-refractivity contribution >= 4 is 89.3 Å². The number of para-hydroxylation sites is 4. The van der Waals surface area contributed by atoms with E-state index in [-0.39, 0.29) is 10.8 Å². The van der Waals surface area contributed by atoms with Gasteiger partial charge in [0.15, 0.2) is 0 Å². The van der Waals surface area contributed by atoms with Crippen molar-refractivity contribution in [3.05, 3.63) is 204 Å². The average Bonchev–Trinajstić information content (AvgIpc) is 4.09. The maximum absolute atomic E-state index is 6.40. The molecule has 3 heterocycles. The highest BCUT2D eigenvalue weighted by Crippen LogP contribution is 2.64. The normalized spacial score (nSPS) is 14.3. The summed E-state index contributed by atoms with van der Waals surface area (Å²) in [6.07, 6.45) is 0.